The molecule has 1 aliphatic rings. The van der Waals surface area contributed by atoms with Crippen molar-refractivity contribution in [3.63, 3.8) is 0 Å². The zero-order valence-electron chi connectivity index (χ0n) is 19.3. The van der Waals surface area contributed by atoms with E-state index in [9.17, 15) is 18.0 Å². The zero-order chi connectivity index (χ0) is 25.3. The third kappa shape index (κ3) is 5.40. The number of carbonyl (C=O) groups is 1. The van der Waals surface area contributed by atoms with Gasteiger partial charge in [0.15, 0.2) is 5.82 Å². The highest BCUT2D eigenvalue weighted by Gasteiger charge is 2.36. The van der Waals surface area contributed by atoms with Gasteiger partial charge in [-0.15, -0.1) is 18.3 Å². The molecule has 0 amide bonds. The highest BCUT2D eigenvalue weighted by atomic mass is 19.4. The Balaban J connectivity index is 1.20. The molecule has 0 unspecified atom stereocenters. The van der Waals surface area contributed by atoms with Crippen molar-refractivity contribution in [2.75, 3.05) is 0 Å². The van der Waals surface area contributed by atoms with Gasteiger partial charge in [-0.25, -0.2) is 9.67 Å². The first-order valence-corrected chi connectivity index (χ1v) is 11.3. The van der Waals surface area contributed by atoms with Crippen molar-refractivity contribution in [2.45, 2.75) is 38.1 Å². The molecule has 0 N–H and O–H groups in total. The molecule has 5 rings (SSSR count). The van der Waals surface area contributed by atoms with Crippen LogP contribution in [0.15, 0.2) is 79.1 Å². The lowest BCUT2D eigenvalue weighted by Gasteiger charge is -2.24. The van der Waals surface area contributed by atoms with Gasteiger partial charge in [0.2, 0.25) is 0 Å². The van der Waals surface area contributed by atoms with Crippen LogP contribution in [0, 0.1) is 0 Å². The molecule has 1 heterocycles. The Morgan fingerprint density at radius 2 is 1.61 bits per heavy atom. The predicted molar refractivity (Wildman–Crippen MR) is 126 cm³/mol. The summed E-state index contributed by atoms with van der Waals surface area (Å²) in [5.41, 5.74) is 3.98. The Hall–Kier alpha value is -4.14. The molecule has 1 aliphatic carbocycles. The monoisotopic (exact) mass is 493 g/mol. The van der Waals surface area contributed by atoms with Gasteiger partial charge in [0.25, 0.3) is 0 Å². The Morgan fingerprint density at radius 3 is 2.22 bits per heavy atom. The van der Waals surface area contributed by atoms with Gasteiger partial charge < -0.3 is 9.47 Å². The van der Waals surface area contributed by atoms with Gasteiger partial charge in [0.1, 0.15) is 17.7 Å². The summed E-state index contributed by atoms with van der Waals surface area (Å²) in [6.07, 6.45) is -1.70. The third-order valence-electron chi connectivity index (χ3n) is 5.99. The molecule has 0 fully saturated rings. The minimum atomic E-state index is -4.74. The molecular weight excluding hydrogens is 471 g/mol. The lowest BCUT2D eigenvalue weighted by molar-refractivity contribution is -0.274. The Labute approximate surface area is 205 Å². The molecule has 9 heteroatoms. The van der Waals surface area contributed by atoms with E-state index in [2.05, 4.69) is 27.0 Å². The zero-order valence-corrected chi connectivity index (χ0v) is 19.3. The summed E-state index contributed by atoms with van der Waals surface area (Å²) in [7, 11) is 0. The number of carbonyl (C=O) groups excluding carboxylic acids is 1. The maximum absolute atomic E-state index is 12.6. The number of esters is 1. The minimum absolute atomic E-state index is 0.153. The molecule has 3 aromatic carbocycles. The molecule has 0 bridgehead atoms. The molecule has 6 nitrogen and oxygen atoms in total. The van der Waals surface area contributed by atoms with Crippen LogP contribution in [0.3, 0.4) is 0 Å². The first-order valence-electron chi connectivity index (χ1n) is 11.3. The number of fused-ring (bicyclic) bond motifs is 1. The smallest absolute Gasteiger partial charge is 0.458 e. The van der Waals surface area contributed by atoms with Crippen molar-refractivity contribution in [1.82, 2.24) is 14.8 Å². The molecule has 1 aromatic heterocycles. The summed E-state index contributed by atoms with van der Waals surface area (Å²) in [6.45, 7) is 1.97. The molecule has 4 aromatic rings. The first kappa shape index (κ1) is 23.6. The van der Waals surface area contributed by atoms with Gasteiger partial charge in [0, 0.05) is 18.4 Å². The van der Waals surface area contributed by atoms with Gasteiger partial charge in [-0.2, -0.15) is 0 Å². The minimum Gasteiger partial charge on any atom is -0.458 e. The lowest BCUT2D eigenvalue weighted by atomic mass is 10.0. The summed E-state index contributed by atoms with van der Waals surface area (Å²) >= 11 is 0. The number of hydrogen-bond acceptors (Lipinski definition) is 5. The fourth-order valence-corrected chi connectivity index (χ4v) is 4.41. The summed E-state index contributed by atoms with van der Waals surface area (Å²) in [5, 5.41) is 4.39. The maximum atomic E-state index is 12.6. The highest BCUT2D eigenvalue weighted by Crippen LogP contribution is 2.33. The fourth-order valence-electron chi connectivity index (χ4n) is 4.41. The number of ether oxygens (including phenoxy) is 2. The second kappa shape index (κ2) is 9.14. The molecule has 0 saturated carbocycles. The van der Waals surface area contributed by atoms with Crippen LogP contribution in [-0.2, 0) is 28.8 Å². The largest absolute Gasteiger partial charge is 0.573 e. The Morgan fingerprint density at radius 1 is 0.972 bits per heavy atom. The number of rotatable bonds is 6. The van der Waals surface area contributed by atoms with E-state index in [0.29, 0.717) is 24.4 Å². The molecule has 0 aliphatic heterocycles. The van der Waals surface area contributed by atoms with Crippen LogP contribution in [0.2, 0.25) is 0 Å². The van der Waals surface area contributed by atoms with Crippen LogP contribution in [0.5, 0.6) is 5.75 Å². The van der Waals surface area contributed by atoms with Crippen molar-refractivity contribution in [3.8, 4) is 22.8 Å². The van der Waals surface area contributed by atoms with Crippen LogP contribution in [0.4, 0.5) is 13.2 Å². The van der Waals surface area contributed by atoms with Crippen LogP contribution in [-0.4, -0.2) is 32.7 Å². The quantitative estimate of drug-likeness (QED) is 0.333. The number of benzene rings is 3. The van der Waals surface area contributed by atoms with Crippen LogP contribution < -0.4 is 4.74 Å². The van der Waals surface area contributed by atoms with Gasteiger partial charge in [-0.1, -0.05) is 48.5 Å². The molecule has 36 heavy (non-hydrogen) atoms. The topological polar surface area (TPSA) is 66.2 Å². The molecular formula is C27H22F3N3O3. The SMILES string of the molecule is CC1(OC(=O)Cc2ccc(-c3ncn(-c4ccc(OC(F)(F)F)cc4)n3)cc2)Cc2ccccc2C1. The second-order valence-corrected chi connectivity index (χ2v) is 8.97. The van der Waals surface area contributed by atoms with E-state index in [1.165, 1.54) is 46.4 Å². The number of hydrogen-bond donors (Lipinski definition) is 0. The summed E-state index contributed by atoms with van der Waals surface area (Å²) in [6, 6.07) is 20.7. The van der Waals surface area contributed by atoms with E-state index in [0.717, 1.165) is 11.1 Å². The van der Waals surface area contributed by atoms with Crippen molar-refractivity contribution in [2.24, 2.45) is 0 Å². The molecule has 0 spiro atoms. The average molecular weight is 493 g/mol. The second-order valence-electron chi connectivity index (χ2n) is 8.97. The third-order valence-corrected chi connectivity index (χ3v) is 5.99. The normalized spacial score (nSPS) is 14.3. The standard InChI is InChI=1S/C27H22F3N3O3/c1-26(15-20-4-2-3-5-21(20)16-26)36-24(34)14-18-6-8-19(9-7-18)25-31-17-33(32-25)22-10-12-23(13-11-22)35-27(28,29)30/h2-13,17H,14-16H2,1H3. The molecule has 0 radical (unpaired) electrons. The average Bonchev–Trinajstić information content (AvgIpc) is 3.43. The van der Waals surface area contributed by atoms with Crippen molar-refractivity contribution < 1.29 is 27.4 Å². The van der Waals surface area contributed by atoms with Crippen LogP contribution in [0.25, 0.3) is 17.1 Å². The van der Waals surface area contributed by atoms with Crippen molar-refractivity contribution in [1.29, 1.82) is 0 Å². The number of alkyl halides is 3. The van der Waals surface area contributed by atoms with Gasteiger partial charge >= 0.3 is 12.3 Å². The van der Waals surface area contributed by atoms with E-state index >= 15 is 0 Å². The van der Waals surface area contributed by atoms with Gasteiger partial charge in [-0.05, 0) is 47.9 Å². The Kier molecular flexibility index (Phi) is 5.99. The van der Waals surface area contributed by atoms with Crippen LogP contribution in [0.1, 0.15) is 23.6 Å². The number of halogens is 3. The van der Waals surface area contributed by atoms with E-state index in [4.69, 9.17) is 4.74 Å². The summed E-state index contributed by atoms with van der Waals surface area (Å²) < 4.78 is 48.2. The number of aromatic nitrogens is 3. The van der Waals surface area contributed by atoms with E-state index in [-0.39, 0.29) is 18.1 Å². The van der Waals surface area contributed by atoms with E-state index in [1.54, 1.807) is 0 Å². The molecule has 0 saturated heterocycles. The predicted octanol–water partition coefficient (Wildman–Crippen LogP) is 5.48. The maximum Gasteiger partial charge on any atom is 0.573 e. The fraction of sp³-hybridized carbons (Fsp3) is 0.222. The lowest BCUT2D eigenvalue weighted by Crippen LogP contribution is -2.33. The van der Waals surface area contributed by atoms with Crippen molar-refractivity contribution >= 4 is 5.97 Å². The summed E-state index contributed by atoms with van der Waals surface area (Å²) in [5.74, 6) is -0.151. The summed E-state index contributed by atoms with van der Waals surface area (Å²) in [4.78, 5) is 16.9. The van der Waals surface area contributed by atoms with E-state index in [1.807, 2.05) is 43.3 Å². The van der Waals surface area contributed by atoms with E-state index < -0.39 is 12.0 Å². The highest BCUT2D eigenvalue weighted by molar-refractivity contribution is 5.73. The molecule has 184 valence electrons. The van der Waals surface area contributed by atoms with Crippen molar-refractivity contribution in [3.05, 3.63) is 95.8 Å². The number of nitrogens with zero attached hydrogens (tertiary/aromatic N) is 3. The molecule has 0 atom stereocenters. The first-order chi connectivity index (χ1) is 17.2. The Bertz CT molecular complexity index is 1350. The van der Waals surface area contributed by atoms with Crippen LogP contribution >= 0.6 is 0 Å². The van der Waals surface area contributed by atoms with Gasteiger partial charge in [-0.3, -0.25) is 4.79 Å². The van der Waals surface area contributed by atoms with Gasteiger partial charge in [0.05, 0.1) is 12.1 Å².